The topological polar surface area (TPSA) is 126 Å². The van der Waals surface area contributed by atoms with Crippen molar-refractivity contribution in [3.8, 4) is 0 Å². The molecule has 1 aromatic carbocycles. The second-order valence-electron chi connectivity index (χ2n) is 8.42. The van der Waals surface area contributed by atoms with Crippen LogP contribution in [0.2, 0.25) is 0 Å². The first kappa shape index (κ1) is 22.4. The van der Waals surface area contributed by atoms with Gasteiger partial charge in [-0.2, -0.15) is 4.68 Å². The molecule has 2 aromatic rings. The Morgan fingerprint density at radius 2 is 1.77 bits per heavy atom. The predicted molar refractivity (Wildman–Crippen MR) is 113 cm³/mol. The Morgan fingerprint density at radius 1 is 1.13 bits per heavy atom. The largest absolute Gasteiger partial charge is 0.448 e. The minimum absolute atomic E-state index is 0.0467. The van der Waals surface area contributed by atoms with Gasteiger partial charge in [0.1, 0.15) is 5.60 Å². The van der Waals surface area contributed by atoms with Crippen molar-refractivity contribution < 1.29 is 23.9 Å². The number of hydrogen-bond acceptors (Lipinski definition) is 6. The number of carbonyl (C=O) groups excluding carboxylic acids is 3. The van der Waals surface area contributed by atoms with E-state index in [1.165, 1.54) is 15.4 Å². The third-order valence-corrected chi connectivity index (χ3v) is 5.08. The third-order valence-electron chi connectivity index (χ3n) is 5.08. The van der Waals surface area contributed by atoms with E-state index in [2.05, 4.69) is 0 Å². The van der Waals surface area contributed by atoms with E-state index in [1.807, 2.05) is 0 Å². The fourth-order valence-corrected chi connectivity index (χ4v) is 3.79. The minimum atomic E-state index is -0.754. The number of ether oxygens (including phenoxy) is 2. The molecular weight excluding hydrogens is 404 g/mol. The van der Waals surface area contributed by atoms with E-state index in [4.69, 9.17) is 15.2 Å². The van der Waals surface area contributed by atoms with Crippen molar-refractivity contribution in [3.63, 3.8) is 0 Å². The molecule has 0 spiro atoms. The Balaban J connectivity index is 2.00. The maximum absolute atomic E-state index is 13.3. The minimum Gasteiger partial charge on any atom is -0.448 e. The summed E-state index contributed by atoms with van der Waals surface area (Å²) in [5.74, 6) is -0.754. The van der Waals surface area contributed by atoms with Crippen molar-refractivity contribution >= 4 is 29.0 Å². The number of amides is 2. The molecule has 1 fully saturated rings. The van der Waals surface area contributed by atoms with Crippen LogP contribution in [-0.4, -0.2) is 57.7 Å². The molecule has 2 amide bonds. The molecule has 1 aliphatic rings. The quantitative estimate of drug-likeness (QED) is 0.794. The molecule has 0 saturated carbocycles. The van der Waals surface area contributed by atoms with E-state index in [0.29, 0.717) is 25.9 Å². The van der Waals surface area contributed by atoms with E-state index in [-0.39, 0.29) is 29.1 Å². The second kappa shape index (κ2) is 8.44. The molecule has 3 rings (SSSR count). The number of fused-ring (bicyclic) bond motifs is 1. The molecule has 1 aliphatic heterocycles. The molecule has 31 heavy (non-hydrogen) atoms. The number of nitrogens with zero attached hydrogens (tertiary/aromatic N) is 3. The first-order valence-electron chi connectivity index (χ1n) is 10.3. The first-order valence-corrected chi connectivity index (χ1v) is 10.3. The van der Waals surface area contributed by atoms with Crippen LogP contribution in [0.25, 0.3) is 10.9 Å². The molecule has 10 heteroatoms. The van der Waals surface area contributed by atoms with Crippen LogP contribution in [0.3, 0.4) is 0 Å². The fraction of sp³-hybridized carbons (Fsp3) is 0.524. The lowest BCUT2D eigenvalue weighted by molar-refractivity contribution is 0.0179. The van der Waals surface area contributed by atoms with Gasteiger partial charge >= 0.3 is 12.2 Å². The average molecular weight is 432 g/mol. The predicted octanol–water partition coefficient (Wildman–Crippen LogP) is 2.48. The summed E-state index contributed by atoms with van der Waals surface area (Å²) in [5.41, 5.74) is 4.66. The summed E-state index contributed by atoms with van der Waals surface area (Å²) in [7, 11) is 0. The van der Waals surface area contributed by atoms with Gasteiger partial charge in [0.15, 0.2) is 0 Å². The number of aromatic nitrogens is 2. The Morgan fingerprint density at radius 3 is 2.32 bits per heavy atom. The number of carbonyl (C=O) groups is 3. The zero-order valence-corrected chi connectivity index (χ0v) is 18.2. The number of rotatable bonds is 3. The number of likely N-dealkylation sites (tertiary alicyclic amines) is 1. The standard InChI is InChI=1S/C21H28N4O6/c1-5-30-20(29)25-15-8-6-7-14(17(22)26)16(15)18(27)24(25)13-9-11-23(12-10-13)19(28)31-21(2,3)4/h6-8,13H,5,9-12H2,1-4H3,(H2,22,26). The number of hydrogen-bond donors (Lipinski definition) is 1. The zero-order chi connectivity index (χ0) is 22.9. The molecule has 10 nitrogen and oxygen atoms in total. The van der Waals surface area contributed by atoms with Gasteiger partial charge < -0.3 is 20.1 Å². The van der Waals surface area contributed by atoms with Gasteiger partial charge in [-0.3, -0.25) is 9.59 Å². The molecular formula is C21H28N4O6. The van der Waals surface area contributed by atoms with Crippen molar-refractivity contribution in [1.82, 2.24) is 14.3 Å². The SMILES string of the molecule is CCOC(=O)n1c2cccc(C(N)=O)c2c(=O)n1C1CCN(C(=O)OC(C)(C)C)CC1. The second-order valence-corrected chi connectivity index (χ2v) is 8.42. The molecule has 1 aromatic heterocycles. The third kappa shape index (κ3) is 4.42. The van der Waals surface area contributed by atoms with E-state index >= 15 is 0 Å². The molecule has 168 valence electrons. The molecule has 0 bridgehead atoms. The highest BCUT2D eigenvalue weighted by Crippen LogP contribution is 2.26. The van der Waals surface area contributed by atoms with Crippen molar-refractivity contribution in [1.29, 1.82) is 0 Å². The maximum Gasteiger partial charge on any atom is 0.433 e. The highest BCUT2D eigenvalue weighted by Gasteiger charge is 2.32. The van der Waals surface area contributed by atoms with Gasteiger partial charge in [-0.15, -0.1) is 0 Å². The molecule has 0 unspecified atom stereocenters. The normalized spacial score (nSPS) is 15.2. The van der Waals surface area contributed by atoms with Gasteiger partial charge in [-0.1, -0.05) is 6.07 Å². The lowest BCUT2D eigenvalue weighted by Gasteiger charge is -2.34. The Kier molecular flexibility index (Phi) is 6.10. The summed E-state index contributed by atoms with van der Waals surface area (Å²) in [5, 5.41) is 0.0811. The summed E-state index contributed by atoms with van der Waals surface area (Å²) in [6.45, 7) is 7.90. The van der Waals surface area contributed by atoms with Gasteiger partial charge in [-0.25, -0.2) is 14.3 Å². The smallest absolute Gasteiger partial charge is 0.433 e. The number of benzene rings is 1. The molecule has 0 atom stereocenters. The number of primary amides is 1. The van der Waals surface area contributed by atoms with Crippen LogP contribution < -0.4 is 11.3 Å². The van der Waals surface area contributed by atoms with Gasteiger partial charge in [0.25, 0.3) is 5.56 Å². The van der Waals surface area contributed by atoms with Crippen LogP contribution in [0.5, 0.6) is 0 Å². The maximum atomic E-state index is 13.3. The van der Waals surface area contributed by atoms with Crippen LogP contribution in [0.1, 0.15) is 56.9 Å². The monoisotopic (exact) mass is 432 g/mol. The van der Waals surface area contributed by atoms with Crippen LogP contribution in [0.15, 0.2) is 23.0 Å². The summed E-state index contributed by atoms with van der Waals surface area (Å²) in [6.07, 6.45) is -0.271. The van der Waals surface area contributed by atoms with E-state index in [0.717, 1.165) is 0 Å². The summed E-state index contributed by atoms with van der Waals surface area (Å²) >= 11 is 0. The Hall–Kier alpha value is -3.30. The van der Waals surface area contributed by atoms with E-state index in [9.17, 15) is 19.2 Å². The lowest BCUT2D eigenvalue weighted by Crippen LogP contribution is -2.44. The molecule has 2 heterocycles. The highest BCUT2D eigenvalue weighted by atomic mass is 16.6. The van der Waals surface area contributed by atoms with E-state index < -0.39 is 29.3 Å². The van der Waals surface area contributed by atoms with Crippen LogP contribution >= 0.6 is 0 Å². The Labute approximate surface area is 179 Å². The first-order chi connectivity index (χ1) is 14.5. The molecule has 1 saturated heterocycles. The van der Waals surface area contributed by atoms with Crippen molar-refractivity contribution in [2.45, 2.75) is 52.2 Å². The fourth-order valence-electron chi connectivity index (χ4n) is 3.79. The summed E-state index contributed by atoms with van der Waals surface area (Å²) in [6, 6.07) is 4.22. The van der Waals surface area contributed by atoms with Crippen molar-refractivity contribution in [3.05, 3.63) is 34.1 Å². The van der Waals surface area contributed by atoms with Crippen molar-refractivity contribution in [2.24, 2.45) is 5.73 Å². The molecule has 2 N–H and O–H groups in total. The van der Waals surface area contributed by atoms with Crippen LogP contribution in [0.4, 0.5) is 9.59 Å². The summed E-state index contributed by atoms with van der Waals surface area (Å²) < 4.78 is 13.1. The zero-order valence-electron chi connectivity index (χ0n) is 18.2. The molecule has 0 radical (unpaired) electrons. The van der Waals surface area contributed by atoms with Crippen LogP contribution in [0, 0.1) is 0 Å². The van der Waals surface area contributed by atoms with E-state index in [1.54, 1.807) is 44.7 Å². The van der Waals surface area contributed by atoms with Gasteiger partial charge in [0.2, 0.25) is 5.91 Å². The molecule has 0 aliphatic carbocycles. The average Bonchev–Trinajstić information content (AvgIpc) is 2.99. The lowest BCUT2D eigenvalue weighted by atomic mass is 10.1. The van der Waals surface area contributed by atoms with Crippen molar-refractivity contribution in [2.75, 3.05) is 19.7 Å². The highest BCUT2D eigenvalue weighted by molar-refractivity contribution is 6.06. The van der Waals surface area contributed by atoms with Crippen LogP contribution in [-0.2, 0) is 9.47 Å². The van der Waals surface area contributed by atoms with Gasteiger partial charge in [0, 0.05) is 13.1 Å². The Bertz CT molecular complexity index is 1070. The van der Waals surface area contributed by atoms with Gasteiger partial charge in [-0.05, 0) is 52.7 Å². The summed E-state index contributed by atoms with van der Waals surface area (Å²) in [4.78, 5) is 51.8. The number of nitrogens with two attached hydrogens (primary N) is 1. The number of piperidine rings is 1. The van der Waals surface area contributed by atoms with Gasteiger partial charge in [0.05, 0.1) is 29.1 Å².